The van der Waals surface area contributed by atoms with Crippen LogP contribution < -0.4 is 5.32 Å². The third kappa shape index (κ3) is 4.22. The highest BCUT2D eigenvalue weighted by Gasteiger charge is 2.24. The van der Waals surface area contributed by atoms with Crippen LogP contribution in [0.2, 0.25) is 0 Å². The van der Waals surface area contributed by atoms with Crippen molar-refractivity contribution in [2.75, 3.05) is 13.1 Å². The molecule has 2 heterocycles. The van der Waals surface area contributed by atoms with Gasteiger partial charge in [-0.2, -0.15) is 0 Å². The van der Waals surface area contributed by atoms with Crippen molar-refractivity contribution in [1.82, 2.24) is 20.2 Å². The molecular formula is C22H24N4O2. The van der Waals surface area contributed by atoms with Crippen molar-refractivity contribution in [2.45, 2.75) is 31.7 Å². The zero-order chi connectivity index (χ0) is 19.3. The molecule has 2 amide bonds. The quantitative estimate of drug-likeness (QED) is 0.719. The molecule has 0 spiro atoms. The molecule has 1 aliphatic rings. The number of carbonyl (C=O) groups excluding carboxylic acids is 2. The van der Waals surface area contributed by atoms with Crippen LogP contribution in [0.25, 0.3) is 11.0 Å². The third-order valence-corrected chi connectivity index (χ3v) is 5.30. The van der Waals surface area contributed by atoms with Crippen molar-refractivity contribution in [3.8, 4) is 0 Å². The SMILES string of the molecule is O=C(CCc1ccccc1)NC1CCN(C(=O)c2ccc3nc[nH]c3c2)CC1. The van der Waals surface area contributed by atoms with Crippen LogP contribution in [-0.2, 0) is 11.2 Å². The van der Waals surface area contributed by atoms with Gasteiger partial charge in [-0.25, -0.2) is 4.98 Å². The molecule has 0 atom stereocenters. The smallest absolute Gasteiger partial charge is 0.253 e. The largest absolute Gasteiger partial charge is 0.353 e. The summed E-state index contributed by atoms with van der Waals surface area (Å²) < 4.78 is 0. The minimum atomic E-state index is 0.0327. The van der Waals surface area contributed by atoms with Crippen molar-refractivity contribution < 1.29 is 9.59 Å². The van der Waals surface area contributed by atoms with Gasteiger partial charge < -0.3 is 15.2 Å². The highest BCUT2D eigenvalue weighted by Crippen LogP contribution is 2.17. The van der Waals surface area contributed by atoms with Crippen molar-refractivity contribution in [2.24, 2.45) is 0 Å². The van der Waals surface area contributed by atoms with E-state index in [0.29, 0.717) is 25.1 Å². The number of fused-ring (bicyclic) bond motifs is 1. The van der Waals surface area contributed by atoms with E-state index in [2.05, 4.69) is 15.3 Å². The van der Waals surface area contributed by atoms with Gasteiger partial charge >= 0.3 is 0 Å². The molecule has 2 N–H and O–H groups in total. The minimum absolute atomic E-state index is 0.0327. The predicted octanol–water partition coefficient (Wildman–Crippen LogP) is 2.92. The molecule has 1 fully saturated rings. The standard InChI is InChI=1S/C22H24N4O2/c27-21(9-6-16-4-2-1-3-5-16)25-18-10-12-26(13-11-18)22(28)17-7-8-19-20(14-17)24-15-23-19/h1-5,7-8,14-15,18H,6,9-13H2,(H,23,24)(H,25,27). The van der Waals surface area contributed by atoms with Gasteiger partial charge in [0.1, 0.15) is 0 Å². The van der Waals surface area contributed by atoms with Crippen LogP contribution in [0.4, 0.5) is 0 Å². The van der Waals surface area contributed by atoms with E-state index in [4.69, 9.17) is 0 Å². The Morgan fingerprint density at radius 3 is 2.68 bits per heavy atom. The lowest BCUT2D eigenvalue weighted by atomic mass is 10.0. The van der Waals surface area contributed by atoms with E-state index >= 15 is 0 Å². The van der Waals surface area contributed by atoms with Gasteiger partial charge in [0.05, 0.1) is 17.4 Å². The number of aromatic nitrogens is 2. The van der Waals surface area contributed by atoms with E-state index in [1.54, 1.807) is 6.33 Å². The number of nitrogens with zero attached hydrogens (tertiary/aromatic N) is 2. The summed E-state index contributed by atoms with van der Waals surface area (Å²) in [7, 11) is 0. The number of piperidine rings is 1. The van der Waals surface area contributed by atoms with Gasteiger partial charge in [-0.3, -0.25) is 9.59 Å². The fraction of sp³-hybridized carbons (Fsp3) is 0.318. The first-order valence-corrected chi connectivity index (χ1v) is 9.75. The van der Waals surface area contributed by atoms with Gasteiger partial charge in [0.15, 0.2) is 0 Å². The average molecular weight is 376 g/mol. The minimum Gasteiger partial charge on any atom is -0.353 e. The summed E-state index contributed by atoms with van der Waals surface area (Å²) in [6, 6.07) is 15.7. The second kappa shape index (κ2) is 8.25. The molecule has 1 aromatic heterocycles. The lowest BCUT2D eigenvalue weighted by Crippen LogP contribution is -2.46. The number of rotatable bonds is 5. The van der Waals surface area contributed by atoms with Gasteiger partial charge in [0.2, 0.25) is 5.91 Å². The van der Waals surface area contributed by atoms with Gasteiger partial charge in [0, 0.05) is 31.1 Å². The van der Waals surface area contributed by atoms with Crippen molar-refractivity contribution in [3.63, 3.8) is 0 Å². The van der Waals surface area contributed by atoms with Crippen molar-refractivity contribution in [3.05, 3.63) is 66.0 Å². The highest BCUT2D eigenvalue weighted by molar-refractivity contribution is 5.97. The van der Waals surface area contributed by atoms with Gasteiger partial charge in [-0.15, -0.1) is 0 Å². The molecule has 0 unspecified atom stereocenters. The van der Waals surface area contributed by atoms with Crippen molar-refractivity contribution in [1.29, 1.82) is 0 Å². The van der Waals surface area contributed by atoms with Crippen LogP contribution in [0, 0.1) is 0 Å². The number of likely N-dealkylation sites (tertiary alicyclic amines) is 1. The summed E-state index contributed by atoms with van der Waals surface area (Å²) >= 11 is 0. The van der Waals surface area contributed by atoms with Gasteiger partial charge in [-0.05, 0) is 43.0 Å². The van der Waals surface area contributed by atoms with Crippen LogP contribution in [0.1, 0.15) is 35.2 Å². The number of H-pyrrole nitrogens is 1. The molecule has 2 aromatic carbocycles. The van der Waals surface area contributed by atoms with Crippen LogP contribution in [0.3, 0.4) is 0 Å². The fourth-order valence-corrected chi connectivity index (χ4v) is 3.68. The normalized spacial score (nSPS) is 14.9. The summed E-state index contributed by atoms with van der Waals surface area (Å²) in [5.41, 5.74) is 3.56. The number of carbonyl (C=O) groups is 2. The zero-order valence-electron chi connectivity index (χ0n) is 15.7. The van der Waals surface area contributed by atoms with Crippen molar-refractivity contribution >= 4 is 22.8 Å². The Bertz CT molecular complexity index is 959. The number of hydrogen-bond acceptors (Lipinski definition) is 3. The van der Waals surface area contributed by atoms with Gasteiger partial charge in [0.25, 0.3) is 5.91 Å². The van der Waals surface area contributed by atoms with Gasteiger partial charge in [-0.1, -0.05) is 30.3 Å². The van der Waals surface area contributed by atoms with E-state index in [9.17, 15) is 9.59 Å². The molecule has 1 saturated heterocycles. The Labute approximate surface area is 164 Å². The molecule has 0 saturated carbocycles. The van der Waals surface area contributed by atoms with Crippen LogP contribution in [-0.4, -0.2) is 45.8 Å². The Morgan fingerprint density at radius 1 is 1.11 bits per heavy atom. The average Bonchev–Trinajstić information content (AvgIpc) is 3.21. The summed E-state index contributed by atoms with van der Waals surface area (Å²) in [5.74, 6) is 0.115. The molecule has 0 aliphatic carbocycles. The Morgan fingerprint density at radius 2 is 1.89 bits per heavy atom. The van der Waals surface area contributed by atoms with E-state index in [-0.39, 0.29) is 17.9 Å². The summed E-state index contributed by atoms with van der Waals surface area (Å²) in [5, 5.41) is 3.12. The third-order valence-electron chi connectivity index (χ3n) is 5.30. The number of nitrogens with one attached hydrogen (secondary N) is 2. The number of hydrogen-bond donors (Lipinski definition) is 2. The first kappa shape index (κ1) is 18.2. The maximum atomic E-state index is 12.8. The molecule has 0 bridgehead atoms. The fourth-order valence-electron chi connectivity index (χ4n) is 3.68. The van der Waals surface area contributed by atoms with Crippen LogP contribution in [0.15, 0.2) is 54.9 Å². The second-order valence-corrected chi connectivity index (χ2v) is 7.25. The first-order chi connectivity index (χ1) is 13.7. The van der Waals surface area contributed by atoms with E-state index < -0.39 is 0 Å². The molecular weight excluding hydrogens is 352 g/mol. The van der Waals surface area contributed by atoms with Crippen LogP contribution >= 0.6 is 0 Å². The Balaban J connectivity index is 1.25. The lowest BCUT2D eigenvalue weighted by molar-refractivity contribution is -0.122. The van der Waals surface area contributed by atoms with E-state index in [1.165, 1.54) is 5.56 Å². The molecule has 6 nitrogen and oxygen atoms in total. The number of amides is 2. The number of aryl methyl sites for hydroxylation is 1. The number of benzene rings is 2. The molecule has 144 valence electrons. The molecule has 1 aliphatic heterocycles. The first-order valence-electron chi connectivity index (χ1n) is 9.75. The Hall–Kier alpha value is -3.15. The molecule has 6 heteroatoms. The number of imidazole rings is 1. The number of aromatic amines is 1. The predicted molar refractivity (Wildman–Crippen MR) is 108 cm³/mol. The summed E-state index contributed by atoms with van der Waals surface area (Å²) in [6.45, 7) is 1.31. The topological polar surface area (TPSA) is 78.1 Å². The molecule has 0 radical (unpaired) electrons. The summed E-state index contributed by atoms with van der Waals surface area (Å²) in [4.78, 5) is 34.1. The monoisotopic (exact) mass is 376 g/mol. The van der Waals surface area contributed by atoms with E-state index in [0.717, 1.165) is 30.3 Å². The molecule has 3 aromatic rings. The Kier molecular flexibility index (Phi) is 5.37. The van der Waals surface area contributed by atoms with Crippen LogP contribution in [0.5, 0.6) is 0 Å². The zero-order valence-corrected chi connectivity index (χ0v) is 15.7. The molecule has 28 heavy (non-hydrogen) atoms. The summed E-state index contributed by atoms with van der Waals surface area (Å²) in [6.07, 6.45) is 4.45. The van der Waals surface area contributed by atoms with E-state index in [1.807, 2.05) is 53.4 Å². The second-order valence-electron chi connectivity index (χ2n) is 7.25. The highest BCUT2D eigenvalue weighted by atomic mass is 16.2. The lowest BCUT2D eigenvalue weighted by Gasteiger charge is -2.32. The molecule has 4 rings (SSSR count). The maximum Gasteiger partial charge on any atom is 0.253 e. The maximum absolute atomic E-state index is 12.8.